The Morgan fingerprint density at radius 2 is 2.31 bits per heavy atom. The van der Waals surface area contributed by atoms with Crippen molar-refractivity contribution in [1.82, 2.24) is 9.97 Å². The van der Waals surface area contributed by atoms with Crippen LogP contribution in [0.25, 0.3) is 0 Å². The Bertz CT molecular complexity index is 290. The molecule has 1 aromatic heterocycles. The van der Waals surface area contributed by atoms with Crippen molar-refractivity contribution in [3.8, 4) is 0 Å². The van der Waals surface area contributed by atoms with E-state index in [9.17, 15) is 4.39 Å². The molecule has 2 heterocycles. The van der Waals surface area contributed by atoms with Gasteiger partial charge >= 0.3 is 0 Å². The molecule has 1 aromatic rings. The van der Waals surface area contributed by atoms with Gasteiger partial charge in [-0.25, -0.2) is 14.4 Å². The first-order chi connectivity index (χ1) is 6.25. The zero-order valence-electron chi connectivity index (χ0n) is 6.95. The molecule has 0 radical (unpaired) electrons. The van der Waals surface area contributed by atoms with Crippen molar-refractivity contribution < 1.29 is 4.39 Å². The number of anilines is 1. The molecule has 13 heavy (non-hydrogen) atoms. The zero-order valence-corrected chi connectivity index (χ0v) is 8.54. The van der Waals surface area contributed by atoms with Gasteiger partial charge in [0, 0.05) is 6.54 Å². The molecule has 0 amide bonds. The molecule has 0 saturated carbocycles. The summed E-state index contributed by atoms with van der Waals surface area (Å²) in [6, 6.07) is 0. The molecule has 0 spiro atoms. The first kappa shape index (κ1) is 8.87. The number of alkyl halides is 1. The van der Waals surface area contributed by atoms with Gasteiger partial charge in [-0.05, 0) is 22.4 Å². The number of nitrogens with zero attached hydrogens (tertiary/aromatic N) is 3. The van der Waals surface area contributed by atoms with E-state index < -0.39 is 6.17 Å². The molecular weight excluding hydrogens is 237 g/mol. The lowest BCUT2D eigenvalue weighted by Crippen LogP contribution is -2.21. The van der Waals surface area contributed by atoms with Crippen LogP contribution in [0.1, 0.15) is 6.42 Å². The number of halogens is 2. The van der Waals surface area contributed by atoms with Gasteiger partial charge in [0.15, 0.2) is 0 Å². The van der Waals surface area contributed by atoms with Gasteiger partial charge in [-0.3, -0.25) is 0 Å². The monoisotopic (exact) mass is 245 g/mol. The average Bonchev–Trinajstić information content (AvgIpc) is 2.53. The van der Waals surface area contributed by atoms with Crippen LogP contribution >= 0.6 is 15.9 Å². The van der Waals surface area contributed by atoms with Crippen molar-refractivity contribution in [2.24, 2.45) is 0 Å². The third kappa shape index (κ3) is 1.96. The standard InChI is InChI=1S/C8H9BrFN3/c9-7-3-12-8(4-11-7)13-2-1-6(10)5-13/h3-4,6H,1-2,5H2. The van der Waals surface area contributed by atoms with Gasteiger partial charge in [-0.15, -0.1) is 0 Å². The molecule has 0 aliphatic carbocycles. The fourth-order valence-corrected chi connectivity index (χ4v) is 1.60. The third-order valence-electron chi connectivity index (χ3n) is 2.06. The van der Waals surface area contributed by atoms with E-state index >= 15 is 0 Å². The summed E-state index contributed by atoms with van der Waals surface area (Å²) in [7, 11) is 0. The number of hydrogen-bond donors (Lipinski definition) is 0. The second-order valence-electron chi connectivity index (χ2n) is 3.03. The molecule has 1 atom stereocenters. The van der Waals surface area contributed by atoms with Gasteiger partial charge < -0.3 is 4.90 Å². The summed E-state index contributed by atoms with van der Waals surface area (Å²) in [4.78, 5) is 10.1. The maximum absolute atomic E-state index is 12.8. The maximum atomic E-state index is 12.8. The van der Waals surface area contributed by atoms with Crippen LogP contribution in [0.3, 0.4) is 0 Å². The Morgan fingerprint density at radius 1 is 1.46 bits per heavy atom. The van der Waals surface area contributed by atoms with Crippen molar-refractivity contribution >= 4 is 21.7 Å². The minimum absolute atomic E-state index is 0.441. The Morgan fingerprint density at radius 3 is 2.85 bits per heavy atom. The van der Waals surface area contributed by atoms with E-state index in [0.717, 1.165) is 12.4 Å². The first-order valence-electron chi connectivity index (χ1n) is 4.12. The molecule has 70 valence electrons. The normalized spacial score (nSPS) is 22.3. The minimum atomic E-state index is -0.717. The molecule has 1 aliphatic heterocycles. The number of rotatable bonds is 1. The summed E-state index contributed by atoms with van der Waals surface area (Å²) in [5.74, 6) is 0.753. The highest BCUT2D eigenvalue weighted by atomic mass is 79.9. The SMILES string of the molecule is FC1CCN(c2cnc(Br)cn2)C1. The van der Waals surface area contributed by atoms with Crippen LogP contribution < -0.4 is 4.90 Å². The zero-order chi connectivity index (χ0) is 9.26. The van der Waals surface area contributed by atoms with Crippen molar-refractivity contribution in [3.63, 3.8) is 0 Å². The van der Waals surface area contributed by atoms with Gasteiger partial charge in [-0.2, -0.15) is 0 Å². The van der Waals surface area contributed by atoms with Crippen LogP contribution in [0.4, 0.5) is 10.2 Å². The fraction of sp³-hybridized carbons (Fsp3) is 0.500. The molecule has 1 saturated heterocycles. The highest BCUT2D eigenvalue weighted by Crippen LogP contribution is 2.19. The van der Waals surface area contributed by atoms with E-state index in [0.29, 0.717) is 17.6 Å². The summed E-state index contributed by atoms with van der Waals surface area (Å²) < 4.78 is 13.5. The number of aromatic nitrogens is 2. The summed E-state index contributed by atoms with van der Waals surface area (Å²) in [5, 5.41) is 0. The van der Waals surface area contributed by atoms with Gasteiger partial charge in [0.05, 0.1) is 18.9 Å². The quantitative estimate of drug-likeness (QED) is 0.756. The lowest BCUT2D eigenvalue weighted by Gasteiger charge is -2.14. The van der Waals surface area contributed by atoms with E-state index in [-0.39, 0.29) is 0 Å². The fourth-order valence-electron chi connectivity index (χ4n) is 1.39. The Labute approximate surface area is 84.1 Å². The van der Waals surface area contributed by atoms with Crippen LogP contribution in [0.5, 0.6) is 0 Å². The molecule has 1 fully saturated rings. The topological polar surface area (TPSA) is 29.0 Å². The van der Waals surface area contributed by atoms with Gasteiger partial charge in [-0.1, -0.05) is 0 Å². The molecule has 0 aromatic carbocycles. The molecule has 3 nitrogen and oxygen atoms in total. The van der Waals surface area contributed by atoms with Crippen LogP contribution in [-0.4, -0.2) is 29.2 Å². The lowest BCUT2D eigenvalue weighted by molar-refractivity contribution is 0.364. The summed E-state index contributed by atoms with van der Waals surface area (Å²) in [5.41, 5.74) is 0. The predicted octanol–water partition coefficient (Wildman–Crippen LogP) is 1.79. The highest BCUT2D eigenvalue weighted by Gasteiger charge is 2.22. The molecule has 0 N–H and O–H groups in total. The van der Waals surface area contributed by atoms with Gasteiger partial charge in [0.1, 0.15) is 16.6 Å². The molecule has 2 rings (SSSR count). The average molecular weight is 246 g/mol. The second-order valence-corrected chi connectivity index (χ2v) is 3.84. The van der Waals surface area contributed by atoms with Crippen LogP contribution in [0, 0.1) is 0 Å². The Kier molecular flexibility index (Phi) is 2.44. The molecule has 1 unspecified atom stereocenters. The largest absolute Gasteiger partial charge is 0.352 e. The van der Waals surface area contributed by atoms with Crippen molar-refractivity contribution in [2.45, 2.75) is 12.6 Å². The van der Waals surface area contributed by atoms with Crippen molar-refractivity contribution in [2.75, 3.05) is 18.0 Å². The Balaban J connectivity index is 2.13. The first-order valence-corrected chi connectivity index (χ1v) is 4.91. The molecule has 5 heteroatoms. The predicted molar refractivity (Wildman–Crippen MR) is 51.5 cm³/mol. The lowest BCUT2D eigenvalue weighted by atomic mass is 10.3. The second kappa shape index (κ2) is 3.57. The van der Waals surface area contributed by atoms with E-state index in [1.807, 2.05) is 4.90 Å². The minimum Gasteiger partial charge on any atom is -0.352 e. The third-order valence-corrected chi connectivity index (χ3v) is 2.47. The molecule has 1 aliphatic rings. The smallest absolute Gasteiger partial charge is 0.147 e. The molecular formula is C8H9BrFN3. The molecule has 0 bridgehead atoms. The van der Waals surface area contributed by atoms with E-state index in [2.05, 4.69) is 25.9 Å². The summed E-state index contributed by atoms with van der Waals surface area (Å²) in [6.07, 6.45) is 3.16. The van der Waals surface area contributed by atoms with E-state index in [1.54, 1.807) is 12.4 Å². The van der Waals surface area contributed by atoms with Crippen molar-refractivity contribution in [3.05, 3.63) is 17.0 Å². The highest BCUT2D eigenvalue weighted by molar-refractivity contribution is 9.10. The summed E-state index contributed by atoms with van der Waals surface area (Å²) >= 11 is 3.20. The van der Waals surface area contributed by atoms with Crippen LogP contribution in [0.15, 0.2) is 17.0 Å². The number of hydrogen-bond acceptors (Lipinski definition) is 3. The van der Waals surface area contributed by atoms with Crippen LogP contribution in [-0.2, 0) is 0 Å². The van der Waals surface area contributed by atoms with Gasteiger partial charge in [0.25, 0.3) is 0 Å². The maximum Gasteiger partial charge on any atom is 0.147 e. The van der Waals surface area contributed by atoms with Crippen molar-refractivity contribution in [1.29, 1.82) is 0 Å². The van der Waals surface area contributed by atoms with E-state index in [1.165, 1.54) is 0 Å². The Hall–Kier alpha value is -0.710. The van der Waals surface area contributed by atoms with Gasteiger partial charge in [0.2, 0.25) is 0 Å². The van der Waals surface area contributed by atoms with E-state index in [4.69, 9.17) is 0 Å². The van der Waals surface area contributed by atoms with Crippen LogP contribution in [0.2, 0.25) is 0 Å². The summed E-state index contributed by atoms with van der Waals surface area (Å²) in [6.45, 7) is 1.17.